The molecule has 1 heterocycles. The Labute approximate surface area is 254 Å². The monoisotopic (exact) mass is 593 g/mol. The summed E-state index contributed by atoms with van der Waals surface area (Å²) in [7, 11) is 1.55. The third-order valence-corrected chi connectivity index (χ3v) is 5.92. The third kappa shape index (κ3) is 9.17. The molecular formula is C33H43N3O7. The molecule has 0 aliphatic rings. The molecule has 10 heteroatoms. The maximum atomic E-state index is 13.6. The second-order valence-electron chi connectivity index (χ2n) is 11.7. The lowest BCUT2D eigenvalue weighted by molar-refractivity contribution is 0.0428. The van der Waals surface area contributed by atoms with E-state index in [1.165, 1.54) is 0 Å². The van der Waals surface area contributed by atoms with Crippen LogP contribution in [0.15, 0.2) is 54.7 Å². The fourth-order valence-electron chi connectivity index (χ4n) is 4.24. The van der Waals surface area contributed by atoms with Gasteiger partial charge in [-0.15, -0.1) is 0 Å². The van der Waals surface area contributed by atoms with Gasteiger partial charge in [0.15, 0.2) is 12.6 Å². The summed E-state index contributed by atoms with van der Waals surface area (Å²) in [6.07, 6.45) is 0.424. The fraction of sp³-hybridized carbons (Fsp3) is 0.424. The van der Waals surface area contributed by atoms with Crippen molar-refractivity contribution < 1.29 is 33.3 Å². The van der Waals surface area contributed by atoms with E-state index >= 15 is 0 Å². The molecule has 0 aliphatic heterocycles. The highest BCUT2D eigenvalue weighted by molar-refractivity contribution is 6.11. The van der Waals surface area contributed by atoms with Gasteiger partial charge in [-0.3, -0.25) is 0 Å². The van der Waals surface area contributed by atoms with E-state index in [4.69, 9.17) is 34.4 Å². The summed E-state index contributed by atoms with van der Waals surface area (Å²) in [5.41, 5.74) is 7.70. The number of nitrogens with two attached hydrogens (primary N) is 1. The summed E-state index contributed by atoms with van der Waals surface area (Å²) in [5.74, 6) is 1.39. The van der Waals surface area contributed by atoms with Crippen LogP contribution < -0.4 is 20.1 Å². The van der Waals surface area contributed by atoms with Crippen LogP contribution in [0.3, 0.4) is 0 Å². The van der Waals surface area contributed by atoms with E-state index in [0.29, 0.717) is 42.2 Å². The largest absolute Gasteiger partial charge is 0.492 e. The van der Waals surface area contributed by atoms with Gasteiger partial charge in [-0.2, -0.15) is 4.90 Å². The number of nitrogens with zero attached hydrogens (tertiary/aromatic N) is 2. The predicted octanol–water partition coefficient (Wildman–Crippen LogP) is 6.97. The average molecular weight is 594 g/mol. The Morgan fingerprint density at radius 3 is 1.79 bits per heavy atom. The van der Waals surface area contributed by atoms with Gasteiger partial charge in [-0.1, -0.05) is 31.2 Å². The van der Waals surface area contributed by atoms with Gasteiger partial charge in [-0.05, 0) is 88.9 Å². The molecule has 3 rings (SSSR count). The van der Waals surface area contributed by atoms with E-state index in [1.807, 2.05) is 43.3 Å². The van der Waals surface area contributed by atoms with Gasteiger partial charge in [0.05, 0.1) is 0 Å². The molecule has 0 atom stereocenters. The molecule has 0 bridgehead atoms. The number of carbonyl (C=O) groups excluding carboxylic acids is 2. The first-order valence-electron chi connectivity index (χ1n) is 14.2. The lowest BCUT2D eigenvalue weighted by Crippen LogP contribution is -2.44. The van der Waals surface area contributed by atoms with Gasteiger partial charge in [-0.25, -0.2) is 14.6 Å². The predicted molar refractivity (Wildman–Crippen MR) is 166 cm³/mol. The lowest BCUT2D eigenvalue weighted by atomic mass is 9.91. The van der Waals surface area contributed by atoms with Gasteiger partial charge in [0.2, 0.25) is 0 Å². The van der Waals surface area contributed by atoms with Crippen molar-refractivity contribution >= 4 is 18.0 Å². The molecule has 0 fully saturated rings. The number of ether oxygens (including phenoxy) is 5. The zero-order chi connectivity index (χ0) is 31.8. The molecule has 0 saturated carbocycles. The van der Waals surface area contributed by atoms with Gasteiger partial charge >= 0.3 is 12.2 Å². The summed E-state index contributed by atoms with van der Waals surface area (Å²) in [4.78, 5) is 32.8. The highest BCUT2D eigenvalue weighted by Crippen LogP contribution is 2.40. The molecule has 0 saturated heterocycles. The molecular weight excluding hydrogens is 550 g/mol. The number of imide groups is 1. The summed E-state index contributed by atoms with van der Waals surface area (Å²) in [6.45, 7) is 13.3. The Morgan fingerprint density at radius 1 is 0.814 bits per heavy atom. The maximum absolute atomic E-state index is 13.6. The Balaban J connectivity index is 2.27. The average Bonchev–Trinajstić information content (AvgIpc) is 2.93. The summed E-state index contributed by atoms with van der Waals surface area (Å²) >= 11 is 0. The van der Waals surface area contributed by atoms with Crippen molar-refractivity contribution in [1.82, 2.24) is 4.98 Å². The Morgan fingerprint density at radius 2 is 1.33 bits per heavy atom. The Bertz CT molecular complexity index is 1350. The zero-order valence-electron chi connectivity index (χ0n) is 26.4. The number of rotatable bonds is 10. The molecule has 10 nitrogen and oxygen atoms in total. The number of hydrogen-bond acceptors (Lipinski definition) is 9. The highest BCUT2D eigenvalue weighted by Gasteiger charge is 2.36. The van der Waals surface area contributed by atoms with E-state index in [0.717, 1.165) is 21.6 Å². The van der Waals surface area contributed by atoms with Crippen LogP contribution in [0.5, 0.6) is 11.5 Å². The summed E-state index contributed by atoms with van der Waals surface area (Å²) in [6, 6.07) is 14.9. The van der Waals surface area contributed by atoms with Gasteiger partial charge in [0.25, 0.3) is 0 Å². The molecule has 2 amide bonds. The number of anilines is 1. The number of aromatic nitrogens is 1. The molecule has 1 aromatic heterocycles. The van der Waals surface area contributed by atoms with Gasteiger partial charge < -0.3 is 29.4 Å². The SMILES string of the molecule is CCc1c(-c2ccc(OCCN)cc2)cnc(N(C(=O)OC(C)(C)C)C(=O)OC(C)(C)C)c1-c1ccc(OCOC)cc1. The molecule has 3 aromatic rings. The van der Waals surface area contributed by atoms with Crippen molar-refractivity contribution in [3.8, 4) is 33.8 Å². The minimum absolute atomic E-state index is 0.0950. The van der Waals surface area contributed by atoms with Crippen molar-refractivity contribution in [3.63, 3.8) is 0 Å². The van der Waals surface area contributed by atoms with Crippen LogP contribution in [0.1, 0.15) is 54.0 Å². The zero-order valence-corrected chi connectivity index (χ0v) is 26.4. The van der Waals surface area contributed by atoms with Crippen LogP contribution in [0.25, 0.3) is 22.3 Å². The van der Waals surface area contributed by atoms with E-state index in [-0.39, 0.29) is 12.6 Å². The molecule has 232 valence electrons. The second-order valence-corrected chi connectivity index (χ2v) is 11.7. The number of benzene rings is 2. The van der Waals surface area contributed by atoms with Crippen molar-refractivity contribution in [2.75, 3.05) is 32.0 Å². The molecule has 0 radical (unpaired) electrons. The highest BCUT2D eigenvalue weighted by atomic mass is 16.7. The molecule has 0 spiro atoms. The first-order chi connectivity index (χ1) is 20.3. The van der Waals surface area contributed by atoms with Crippen molar-refractivity contribution in [2.24, 2.45) is 5.73 Å². The topological polar surface area (TPSA) is 122 Å². The third-order valence-electron chi connectivity index (χ3n) is 5.92. The van der Waals surface area contributed by atoms with E-state index in [1.54, 1.807) is 67.0 Å². The van der Waals surface area contributed by atoms with Crippen LogP contribution >= 0.6 is 0 Å². The fourth-order valence-corrected chi connectivity index (χ4v) is 4.24. The van der Waals surface area contributed by atoms with Crippen LogP contribution in [-0.4, -0.2) is 55.4 Å². The molecule has 0 aliphatic carbocycles. The maximum Gasteiger partial charge on any atom is 0.425 e. The Hall–Kier alpha value is -4.15. The first kappa shape index (κ1) is 33.4. The number of amides is 2. The molecule has 43 heavy (non-hydrogen) atoms. The quantitative estimate of drug-likeness (QED) is 0.248. The number of hydrogen-bond donors (Lipinski definition) is 1. The van der Waals surface area contributed by atoms with Crippen molar-refractivity contribution in [2.45, 2.75) is 66.1 Å². The van der Waals surface area contributed by atoms with E-state index in [2.05, 4.69) is 0 Å². The number of pyridine rings is 1. The smallest absolute Gasteiger partial charge is 0.425 e. The number of methoxy groups -OCH3 is 1. The van der Waals surface area contributed by atoms with E-state index < -0.39 is 23.4 Å². The molecule has 2 aromatic carbocycles. The minimum atomic E-state index is -0.897. The molecule has 0 unspecified atom stereocenters. The Kier molecular flexibility index (Phi) is 11.1. The van der Waals surface area contributed by atoms with Gasteiger partial charge in [0.1, 0.15) is 29.3 Å². The van der Waals surface area contributed by atoms with Gasteiger partial charge in [0, 0.05) is 31.0 Å². The second kappa shape index (κ2) is 14.3. The standard InChI is InChI=1S/C33H43N3O7/c1-9-26-27(22-10-14-24(15-11-22)40-19-18-34)20-35-29(28(26)23-12-16-25(17-13-23)41-21-39-8)36(30(37)42-32(2,3)4)31(38)43-33(5,6)7/h10-17,20H,9,18-19,21,34H2,1-8H3. The number of carbonyl (C=O) groups is 2. The van der Waals surface area contributed by atoms with Crippen LogP contribution in [0, 0.1) is 0 Å². The van der Waals surface area contributed by atoms with Crippen LogP contribution in [0.2, 0.25) is 0 Å². The summed E-state index contributed by atoms with van der Waals surface area (Å²) < 4.78 is 27.6. The minimum Gasteiger partial charge on any atom is -0.492 e. The van der Waals surface area contributed by atoms with Crippen molar-refractivity contribution in [1.29, 1.82) is 0 Å². The van der Waals surface area contributed by atoms with E-state index in [9.17, 15) is 9.59 Å². The normalized spacial score (nSPS) is 11.6. The lowest BCUT2D eigenvalue weighted by Gasteiger charge is -2.30. The first-order valence-corrected chi connectivity index (χ1v) is 14.2. The van der Waals surface area contributed by atoms with Crippen LogP contribution in [0.4, 0.5) is 15.4 Å². The summed E-state index contributed by atoms with van der Waals surface area (Å²) in [5, 5.41) is 0. The van der Waals surface area contributed by atoms with Crippen molar-refractivity contribution in [3.05, 3.63) is 60.3 Å². The molecule has 2 N–H and O–H groups in total. The van der Waals surface area contributed by atoms with Crippen LogP contribution in [-0.2, 0) is 20.6 Å².